The highest BCUT2D eigenvalue weighted by atomic mass is 35.5. The van der Waals surface area contributed by atoms with E-state index in [0.29, 0.717) is 41.6 Å². The number of hydrogen-bond donors (Lipinski definition) is 3. The summed E-state index contributed by atoms with van der Waals surface area (Å²) in [5, 5.41) is 16.4. The van der Waals surface area contributed by atoms with Gasteiger partial charge in [0.2, 0.25) is 0 Å². The number of carboxylic acid groups (broad SMARTS) is 1. The van der Waals surface area contributed by atoms with Gasteiger partial charge in [-0.1, -0.05) is 11.6 Å². The molecule has 29 heavy (non-hydrogen) atoms. The number of anilines is 2. The van der Waals surface area contributed by atoms with Crippen LogP contribution in [0.5, 0.6) is 0 Å². The van der Waals surface area contributed by atoms with Gasteiger partial charge in [0.25, 0.3) is 5.91 Å². The maximum Gasteiger partial charge on any atom is 0.306 e. The Labute approximate surface area is 172 Å². The third-order valence-corrected chi connectivity index (χ3v) is 6.56. The van der Waals surface area contributed by atoms with E-state index in [4.69, 9.17) is 17.3 Å². The first kappa shape index (κ1) is 19.7. The molecule has 0 spiro atoms. The molecule has 0 radical (unpaired) electrons. The molecule has 1 aromatic carbocycles. The molecule has 2 aliphatic carbocycles. The molecular formula is C20H22ClFN4O3. The Hall–Kier alpha value is -2.61. The first-order chi connectivity index (χ1) is 13.7. The van der Waals surface area contributed by atoms with Gasteiger partial charge >= 0.3 is 5.97 Å². The molecule has 0 saturated heterocycles. The first-order valence-corrected chi connectivity index (χ1v) is 9.94. The molecule has 1 amide bonds. The number of carbonyl (C=O) groups is 2. The zero-order chi connectivity index (χ0) is 20.9. The summed E-state index contributed by atoms with van der Waals surface area (Å²) in [6.45, 7) is 0. The number of nitrogens with zero attached hydrogens (tertiary/aromatic N) is 2. The monoisotopic (exact) mass is 420 g/mol. The zero-order valence-corrected chi connectivity index (χ0v) is 16.6. The number of nitrogens with one attached hydrogen (secondary N) is 1. The van der Waals surface area contributed by atoms with E-state index in [0.717, 1.165) is 12.8 Å². The number of halogens is 2. The van der Waals surface area contributed by atoms with E-state index in [9.17, 15) is 19.1 Å². The SMILES string of the molecule is Cn1nc(C2CC3CC(C(=O)O)CC3C2)c(C(=O)Nc2ccc(F)c(Cl)c2)c1N. The quantitative estimate of drug-likeness (QED) is 0.699. The molecule has 1 aromatic heterocycles. The molecule has 4 rings (SSSR count). The molecule has 7 nitrogen and oxygen atoms in total. The molecule has 9 heteroatoms. The van der Waals surface area contributed by atoms with Crippen LogP contribution in [-0.4, -0.2) is 26.8 Å². The van der Waals surface area contributed by atoms with Crippen molar-refractivity contribution in [2.45, 2.75) is 31.6 Å². The second kappa shape index (κ2) is 7.33. The van der Waals surface area contributed by atoms with Crippen LogP contribution in [0.25, 0.3) is 0 Å². The number of hydrogen-bond acceptors (Lipinski definition) is 4. The van der Waals surface area contributed by atoms with Gasteiger partial charge in [-0.05, 0) is 55.7 Å². The minimum absolute atomic E-state index is 0.0563. The average molecular weight is 421 g/mol. The lowest BCUT2D eigenvalue weighted by molar-refractivity contribution is -0.141. The zero-order valence-electron chi connectivity index (χ0n) is 15.9. The summed E-state index contributed by atoms with van der Waals surface area (Å²) in [4.78, 5) is 24.2. The van der Waals surface area contributed by atoms with Gasteiger partial charge in [-0.15, -0.1) is 0 Å². The molecule has 154 valence electrons. The summed E-state index contributed by atoms with van der Waals surface area (Å²) in [5.74, 6) is -1.02. The molecule has 0 bridgehead atoms. The maximum atomic E-state index is 13.4. The van der Waals surface area contributed by atoms with E-state index in [2.05, 4.69) is 10.4 Å². The predicted octanol–water partition coefficient (Wildman–Crippen LogP) is 3.65. The molecule has 2 atom stereocenters. The van der Waals surface area contributed by atoms with Gasteiger partial charge in [-0.25, -0.2) is 4.39 Å². The van der Waals surface area contributed by atoms with Crippen LogP contribution in [0.15, 0.2) is 18.2 Å². The van der Waals surface area contributed by atoms with Crippen molar-refractivity contribution in [3.63, 3.8) is 0 Å². The minimum atomic E-state index is -0.726. The Morgan fingerprint density at radius 2 is 1.93 bits per heavy atom. The van der Waals surface area contributed by atoms with Gasteiger partial charge in [0.1, 0.15) is 17.2 Å². The van der Waals surface area contributed by atoms with Crippen LogP contribution < -0.4 is 11.1 Å². The van der Waals surface area contributed by atoms with Crippen LogP contribution in [0.2, 0.25) is 5.02 Å². The Morgan fingerprint density at radius 3 is 2.52 bits per heavy atom. The lowest BCUT2D eigenvalue weighted by Crippen LogP contribution is -2.17. The van der Waals surface area contributed by atoms with Crippen LogP contribution in [-0.2, 0) is 11.8 Å². The summed E-state index contributed by atoms with van der Waals surface area (Å²) >= 11 is 5.79. The van der Waals surface area contributed by atoms with Gasteiger partial charge in [0, 0.05) is 18.7 Å². The third kappa shape index (κ3) is 3.57. The molecule has 1 heterocycles. The van der Waals surface area contributed by atoms with Gasteiger partial charge in [-0.3, -0.25) is 14.3 Å². The van der Waals surface area contributed by atoms with E-state index in [1.54, 1.807) is 7.05 Å². The number of carboxylic acids is 1. The fourth-order valence-corrected chi connectivity index (χ4v) is 5.07. The van der Waals surface area contributed by atoms with E-state index in [1.807, 2.05) is 0 Å². The van der Waals surface area contributed by atoms with Crippen molar-refractivity contribution in [3.05, 3.63) is 40.3 Å². The lowest BCUT2D eigenvalue weighted by Gasteiger charge is -2.13. The largest absolute Gasteiger partial charge is 0.481 e. The fraction of sp³-hybridized carbons (Fsp3) is 0.450. The van der Waals surface area contributed by atoms with Crippen molar-refractivity contribution in [2.24, 2.45) is 24.8 Å². The number of benzene rings is 1. The summed E-state index contributed by atoms with van der Waals surface area (Å²) < 4.78 is 14.9. The highest BCUT2D eigenvalue weighted by molar-refractivity contribution is 6.31. The lowest BCUT2D eigenvalue weighted by atomic mass is 9.93. The van der Waals surface area contributed by atoms with E-state index in [-0.39, 0.29) is 22.7 Å². The van der Waals surface area contributed by atoms with Crippen molar-refractivity contribution < 1.29 is 19.1 Å². The molecule has 2 aliphatic rings. The van der Waals surface area contributed by atoms with Gasteiger partial charge < -0.3 is 16.2 Å². The summed E-state index contributed by atoms with van der Waals surface area (Å²) in [7, 11) is 1.68. The number of carbonyl (C=O) groups excluding carboxylic acids is 1. The molecule has 2 unspecified atom stereocenters. The highest BCUT2D eigenvalue weighted by Gasteiger charge is 2.46. The van der Waals surface area contributed by atoms with Crippen LogP contribution in [0.3, 0.4) is 0 Å². The van der Waals surface area contributed by atoms with Crippen molar-refractivity contribution in [3.8, 4) is 0 Å². The Balaban J connectivity index is 1.56. The number of aliphatic carboxylic acids is 1. The predicted molar refractivity (Wildman–Crippen MR) is 106 cm³/mol. The number of rotatable bonds is 4. The number of amides is 1. The highest BCUT2D eigenvalue weighted by Crippen LogP contribution is 2.53. The number of nitrogens with two attached hydrogens (primary N) is 1. The number of fused-ring (bicyclic) bond motifs is 1. The van der Waals surface area contributed by atoms with Crippen LogP contribution in [0, 0.1) is 23.6 Å². The first-order valence-electron chi connectivity index (χ1n) is 9.56. The van der Waals surface area contributed by atoms with Crippen LogP contribution >= 0.6 is 11.6 Å². The number of nitrogen functional groups attached to an aromatic ring is 1. The number of aromatic nitrogens is 2. The normalized spacial score (nSPS) is 25.8. The summed E-state index contributed by atoms with van der Waals surface area (Å²) in [6.07, 6.45) is 2.95. The summed E-state index contributed by atoms with van der Waals surface area (Å²) in [5.41, 5.74) is 7.45. The minimum Gasteiger partial charge on any atom is -0.481 e. The fourth-order valence-electron chi connectivity index (χ4n) is 4.89. The van der Waals surface area contributed by atoms with Crippen molar-refractivity contribution >= 4 is 35.0 Å². The van der Waals surface area contributed by atoms with Crippen molar-refractivity contribution in [1.29, 1.82) is 0 Å². The van der Waals surface area contributed by atoms with Crippen LogP contribution in [0.4, 0.5) is 15.9 Å². The van der Waals surface area contributed by atoms with Gasteiger partial charge in [0.15, 0.2) is 0 Å². The third-order valence-electron chi connectivity index (χ3n) is 6.27. The van der Waals surface area contributed by atoms with Crippen LogP contribution in [0.1, 0.15) is 47.7 Å². The molecule has 0 aliphatic heterocycles. The van der Waals surface area contributed by atoms with E-state index in [1.165, 1.54) is 22.9 Å². The second-order valence-electron chi connectivity index (χ2n) is 8.05. The smallest absolute Gasteiger partial charge is 0.306 e. The Bertz CT molecular complexity index is 978. The van der Waals surface area contributed by atoms with Gasteiger partial charge in [-0.2, -0.15) is 5.10 Å². The Kier molecular flexibility index (Phi) is 4.98. The second-order valence-corrected chi connectivity index (χ2v) is 8.45. The molecular weight excluding hydrogens is 399 g/mol. The van der Waals surface area contributed by atoms with Gasteiger partial charge in [0.05, 0.1) is 16.6 Å². The Morgan fingerprint density at radius 1 is 1.28 bits per heavy atom. The van der Waals surface area contributed by atoms with E-state index < -0.39 is 17.7 Å². The standard InChI is InChI=1S/C20H22ClFN4O3/c1-26-18(23)16(19(27)24-13-2-3-15(22)14(21)8-13)17(25-26)11-4-9-6-12(20(28)29)7-10(9)5-11/h2-3,8-12H,4-7,23H2,1H3,(H,24,27)(H,28,29). The average Bonchev–Trinajstić information content (AvgIpc) is 3.30. The van der Waals surface area contributed by atoms with Crippen molar-refractivity contribution in [1.82, 2.24) is 9.78 Å². The molecule has 4 N–H and O–H groups in total. The van der Waals surface area contributed by atoms with E-state index >= 15 is 0 Å². The number of aryl methyl sites for hydroxylation is 1. The van der Waals surface area contributed by atoms with Crippen molar-refractivity contribution in [2.75, 3.05) is 11.1 Å². The summed E-state index contributed by atoms with van der Waals surface area (Å²) in [6, 6.07) is 3.95. The maximum absolute atomic E-state index is 13.4. The topological polar surface area (TPSA) is 110 Å². The molecule has 2 fully saturated rings. The molecule has 2 aromatic rings. The molecule has 2 saturated carbocycles.